The monoisotopic (exact) mass is 337 g/mol. The second-order valence-electron chi connectivity index (χ2n) is 4.95. The molecule has 0 saturated carbocycles. The van der Waals surface area contributed by atoms with Gasteiger partial charge in [0.05, 0.1) is 12.8 Å². The van der Waals surface area contributed by atoms with Crippen LogP contribution in [0, 0.1) is 0 Å². The first-order valence-corrected chi connectivity index (χ1v) is 7.23. The Labute approximate surface area is 138 Å². The molecule has 1 atom stereocenters. The standard InChI is InChI=1S/C16H19NO7/c1-11(18)13(10-23-15(21)8-7-14(19)20)17-16(22)24-9-12-5-3-2-4-6-12/h2-6,13H,7-10H2,1H3,(H,17,22)(H,19,20)/t13-/m0/s1. The second-order valence-corrected chi connectivity index (χ2v) is 4.95. The van der Waals surface area contributed by atoms with E-state index in [0.717, 1.165) is 5.56 Å². The first-order valence-electron chi connectivity index (χ1n) is 7.23. The lowest BCUT2D eigenvalue weighted by molar-refractivity contribution is -0.148. The molecule has 0 saturated heterocycles. The third-order valence-electron chi connectivity index (χ3n) is 2.95. The van der Waals surface area contributed by atoms with Crippen molar-refractivity contribution in [1.82, 2.24) is 5.32 Å². The number of alkyl carbamates (subject to hydrolysis) is 1. The van der Waals surface area contributed by atoms with Gasteiger partial charge in [-0.2, -0.15) is 0 Å². The minimum absolute atomic E-state index is 0.0374. The molecule has 1 aromatic carbocycles. The van der Waals surface area contributed by atoms with Crippen molar-refractivity contribution in [3.8, 4) is 0 Å². The first-order chi connectivity index (χ1) is 11.4. The number of hydrogen-bond acceptors (Lipinski definition) is 6. The number of carbonyl (C=O) groups excluding carboxylic acids is 3. The van der Waals surface area contributed by atoms with Crippen LogP contribution in [0.4, 0.5) is 4.79 Å². The van der Waals surface area contributed by atoms with Gasteiger partial charge in [-0.1, -0.05) is 30.3 Å². The van der Waals surface area contributed by atoms with Crippen LogP contribution in [-0.4, -0.2) is 41.6 Å². The summed E-state index contributed by atoms with van der Waals surface area (Å²) in [5, 5.41) is 10.8. The number of aliphatic carboxylic acids is 1. The molecule has 130 valence electrons. The summed E-state index contributed by atoms with van der Waals surface area (Å²) in [5.41, 5.74) is 0.784. The number of ether oxygens (including phenoxy) is 2. The predicted molar refractivity (Wildman–Crippen MR) is 82.1 cm³/mol. The molecule has 8 nitrogen and oxygen atoms in total. The Balaban J connectivity index is 2.39. The minimum atomic E-state index is -1.13. The molecule has 24 heavy (non-hydrogen) atoms. The predicted octanol–water partition coefficient (Wildman–Crippen LogP) is 1.28. The zero-order valence-electron chi connectivity index (χ0n) is 13.2. The normalized spacial score (nSPS) is 11.2. The Morgan fingerprint density at radius 3 is 2.33 bits per heavy atom. The van der Waals surface area contributed by atoms with Crippen LogP contribution in [0.2, 0.25) is 0 Å². The molecular formula is C16H19NO7. The molecule has 1 rings (SSSR count). The molecule has 0 heterocycles. The van der Waals surface area contributed by atoms with Crippen molar-refractivity contribution in [2.45, 2.75) is 32.4 Å². The number of carboxylic acids is 1. The summed E-state index contributed by atoms with van der Waals surface area (Å²) >= 11 is 0. The number of rotatable bonds is 9. The van der Waals surface area contributed by atoms with Crippen LogP contribution in [0.15, 0.2) is 30.3 Å². The zero-order valence-corrected chi connectivity index (χ0v) is 13.2. The highest BCUT2D eigenvalue weighted by Gasteiger charge is 2.20. The molecule has 1 aromatic rings. The molecule has 1 amide bonds. The maximum atomic E-state index is 11.7. The van der Waals surface area contributed by atoms with Gasteiger partial charge >= 0.3 is 18.0 Å². The Hall–Kier alpha value is -2.90. The Kier molecular flexibility index (Phi) is 7.97. The molecule has 2 N–H and O–H groups in total. The summed E-state index contributed by atoms with van der Waals surface area (Å²) < 4.78 is 9.76. The Bertz CT molecular complexity index is 585. The number of benzene rings is 1. The van der Waals surface area contributed by atoms with E-state index in [2.05, 4.69) is 5.32 Å². The summed E-state index contributed by atoms with van der Waals surface area (Å²) in [6.07, 6.45) is -1.49. The molecule has 0 spiro atoms. The smallest absolute Gasteiger partial charge is 0.408 e. The van der Waals surface area contributed by atoms with E-state index in [1.807, 2.05) is 6.07 Å². The van der Waals surface area contributed by atoms with Gasteiger partial charge in [0.15, 0.2) is 5.78 Å². The van der Waals surface area contributed by atoms with E-state index >= 15 is 0 Å². The first kappa shape index (κ1) is 19.1. The molecule has 0 unspecified atom stereocenters. The summed E-state index contributed by atoms with van der Waals surface area (Å²) in [5.74, 6) is -2.31. The van der Waals surface area contributed by atoms with Crippen molar-refractivity contribution in [2.24, 2.45) is 0 Å². The number of Topliss-reactive ketones (excluding diaryl/α,β-unsaturated/α-hetero) is 1. The molecule has 0 fully saturated rings. The molecule has 0 aliphatic rings. The average molecular weight is 337 g/mol. The maximum absolute atomic E-state index is 11.7. The van der Waals surface area contributed by atoms with E-state index < -0.39 is 29.9 Å². The fourth-order valence-electron chi connectivity index (χ4n) is 1.63. The van der Waals surface area contributed by atoms with Crippen molar-refractivity contribution in [2.75, 3.05) is 6.61 Å². The second kappa shape index (κ2) is 9.98. The Morgan fingerprint density at radius 1 is 1.08 bits per heavy atom. The SMILES string of the molecule is CC(=O)[C@H](COC(=O)CCC(=O)O)NC(=O)OCc1ccccc1. The van der Waals surface area contributed by atoms with E-state index in [1.54, 1.807) is 24.3 Å². The lowest BCUT2D eigenvalue weighted by Gasteiger charge is -2.16. The lowest BCUT2D eigenvalue weighted by atomic mass is 10.2. The van der Waals surface area contributed by atoms with Crippen LogP contribution in [0.3, 0.4) is 0 Å². The zero-order chi connectivity index (χ0) is 17.9. The summed E-state index contributed by atoms with van der Waals surface area (Å²) in [7, 11) is 0. The average Bonchev–Trinajstić information content (AvgIpc) is 2.55. The van der Waals surface area contributed by atoms with Crippen molar-refractivity contribution < 1.29 is 33.8 Å². The number of esters is 1. The molecule has 0 aliphatic heterocycles. The van der Waals surface area contributed by atoms with Crippen LogP contribution >= 0.6 is 0 Å². The largest absolute Gasteiger partial charge is 0.481 e. The fraction of sp³-hybridized carbons (Fsp3) is 0.375. The van der Waals surface area contributed by atoms with Gasteiger partial charge in [0.1, 0.15) is 19.3 Å². The quantitative estimate of drug-likeness (QED) is 0.651. The topological polar surface area (TPSA) is 119 Å². The van der Waals surface area contributed by atoms with Gasteiger partial charge in [-0.25, -0.2) is 4.79 Å². The molecule has 8 heteroatoms. The van der Waals surface area contributed by atoms with Crippen LogP contribution in [0.25, 0.3) is 0 Å². The summed E-state index contributed by atoms with van der Waals surface area (Å²) in [4.78, 5) is 44.8. The van der Waals surface area contributed by atoms with Gasteiger partial charge in [0.25, 0.3) is 0 Å². The summed E-state index contributed by atoms with van der Waals surface area (Å²) in [6.45, 7) is 0.886. The molecule has 0 radical (unpaired) electrons. The highest BCUT2D eigenvalue weighted by molar-refractivity contribution is 5.86. The number of hydrogen-bond donors (Lipinski definition) is 2. The van der Waals surface area contributed by atoms with Gasteiger partial charge in [-0.15, -0.1) is 0 Å². The highest BCUT2D eigenvalue weighted by atomic mass is 16.6. The van der Waals surface area contributed by atoms with Crippen molar-refractivity contribution in [3.05, 3.63) is 35.9 Å². The van der Waals surface area contributed by atoms with Crippen LogP contribution in [0.5, 0.6) is 0 Å². The highest BCUT2D eigenvalue weighted by Crippen LogP contribution is 2.01. The van der Waals surface area contributed by atoms with E-state index in [9.17, 15) is 19.2 Å². The molecule has 0 aromatic heterocycles. The van der Waals surface area contributed by atoms with Crippen molar-refractivity contribution in [1.29, 1.82) is 0 Å². The van der Waals surface area contributed by atoms with Crippen molar-refractivity contribution >= 4 is 23.8 Å². The summed E-state index contributed by atoms with van der Waals surface area (Å²) in [6, 6.07) is 7.92. The van der Waals surface area contributed by atoms with E-state index in [4.69, 9.17) is 14.6 Å². The number of ketones is 1. The molecular weight excluding hydrogens is 318 g/mol. The number of nitrogens with one attached hydrogen (secondary N) is 1. The van der Waals surface area contributed by atoms with Crippen molar-refractivity contribution in [3.63, 3.8) is 0 Å². The van der Waals surface area contributed by atoms with E-state index in [1.165, 1.54) is 6.92 Å². The number of carboxylic acid groups (broad SMARTS) is 1. The third kappa shape index (κ3) is 7.92. The van der Waals surface area contributed by atoms with Gasteiger partial charge in [0, 0.05) is 0 Å². The molecule has 0 bridgehead atoms. The molecule has 0 aliphatic carbocycles. The van der Waals surface area contributed by atoms with Gasteiger partial charge in [-0.05, 0) is 12.5 Å². The van der Waals surface area contributed by atoms with Gasteiger partial charge < -0.3 is 19.9 Å². The van der Waals surface area contributed by atoms with Crippen LogP contribution < -0.4 is 5.32 Å². The van der Waals surface area contributed by atoms with Gasteiger partial charge in [-0.3, -0.25) is 14.4 Å². The minimum Gasteiger partial charge on any atom is -0.481 e. The van der Waals surface area contributed by atoms with Gasteiger partial charge in [0.2, 0.25) is 0 Å². The van der Waals surface area contributed by atoms with E-state index in [0.29, 0.717) is 0 Å². The van der Waals surface area contributed by atoms with E-state index in [-0.39, 0.29) is 26.1 Å². The van der Waals surface area contributed by atoms with Crippen LogP contribution in [-0.2, 0) is 30.5 Å². The third-order valence-corrected chi connectivity index (χ3v) is 2.95. The number of carbonyl (C=O) groups is 4. The van der Waals surface area contributed by atoms with Crippen LogP contribution in [0.1, 0.15) is 25.3 Å². The number of amides is 1. The Morgan fingerprint density at radius 2 is 1.75 bits per heavy atom. The lowest BCUT2D eigenvalue weighted by Crippen LogP contribution is -2.43. The fourth-order valence-corrected chi connectivity index (χ4v) is 1.63. The maximum Gasteiger partial charge on any atom is 0.408 e.